The second-order valence-electron chi connectivity index (χ2n) is 5.32. The number of aryl methyl sites for hydroxylation is 1. The predicted molar refractivity (Wildman–Crippen MR) is 101 cm³/mol. The molecule has 0 saturated heterocycles. The molecule has 3 nitrogen and oxygen atoms in total. The number of benzene rings is 2. The van der Waals surface area contributed by atoms with Gasteiger partial charge in [-0.05, 0) is 48.3 Å². The maximum absolute atomic E-state index is 5.64. The van der Waals surface area contributed by atoms with Gasteiger partial charge in [0.2, 0.25) is 0 Å². The molecule has 0 heterocycles. The first-order valence-electron chi connectivity index (χ1n) is 8.03. The number of nitrogens with one attached hydrogen (secondary N) is 2. The Kier molecular flexibility index (Phi) is 7.57. The summed E-state index contributed by atoms with van der Waals surface area (Å²) in [4.78, 5) is 0. The second kappa shape index (κ2) is 9.98. The van der Waals surface area contributed by atoms with E-state index in [0.29, 0.717) is 11.7 Å². The van der Waals surface area contributed by atoms with Gasteiger partial charge >= 0.3 is 0 Å². The molecule has 0 aliphatic heterocycles. The Balaban J connectivity index is 1.56. The lowest BCUT2D eigenvalue weighted by atomic mass is 10.1. The molecule has 0 unspecified atom stereocenters. The molecule has 2 N–H and O–H groups in total. The predicted octanol–water partition coefficient (Wildman–Crippen LogP) is 4.14. The van der Waals surface area contributed by atoms with Gasteiger partial charge in [-0.3, -0.25) is 0 Å². The van der Waals surface area contributed by atoms with Crippen molar-refractivity contribution in [1.82, 2.24) is 5.32 Å². The van der Waals surface area contributed by atoms with Crippen LogP contribution in [0.15, 0.2) is 54.6 Å². The fraction of sp³-hybridized carbons (Fsp3) is 0.316. The van der Waals surface area contributed by atoms with Gasteiger partial charge in [0.25, 0.3) is 0 Å². The number of rotatable bonds is 8. The molecule has 0 aromatic heterocycles. The summed E-state index contributed by atoms with van der Waals surface area (Å²) in [6.45, 7) is 4.32. The van der Waals surface area contributed by atoms with Gasteiger partial charge in [0, 0.05) is 18.8 Å². The molecule has 0 amide bonds. The van der Waals surface area contributed by atoms with Crippen LogP contribution in [0.25, 0.3) is 0 Å². The number of thiocarbonyl (C=S) groups is 1. The van der Waals surface area contributed by atoms with Gasteiger partial charge in [0.15, 0.2) is 5.11 Å². The first-order chi connectivity index (χ1) is 11.3. The molecular formula is C19H24N2OS. The average molecular weight is 328 g/mol. The van der Waals surface area contributed by atoms with Crippen molar-refractivity contribution >= 4 is 23.0 Å². The first kappa shape index (κ1) is 17.4. The highest BCUT2D eigenvalue weighted by Gasteiger charge is 1.98. The summed E-state index contributed by atoms with van der Waals surface area (Å²) in [5, 5.41) is 7.04. The van der Waals surface area contributed by atoms with Crippen molar-refractivity contribution in [2.45, 2.75) is 26.4 Å². The van der Waals surface area contributed by atoms with Crippen LogP contribution in [0.1, 0.15) is 24.5 Å². The summed E-state index contributed by atoms with van der Waals surface area (Å²) in [6.07, 6.45) is 1.97. The fourth-order valence-corrected chi connectivity index (χ4v) is 2.36. The van der Waals surface area contributed by atoms with E-state index in [1.165, 1.54) is 11.1 Å². The third-order valence-electron chi connectivity index (χ3n) is 3.48. The van der Waals surface area contributed by atoms with Gasteiger partial charge in [-0.25, -0.2) is 0 Å². The molecular weight excluding hydrogens is 304 g/mol. The second-order valence-corrected chi connectivity index (χ2v) is 5.73. The normalized spacial score (nSPS) is 10.3. The highest BCUT2D eigenvalue weighted by Crippen LogP contribution is 2.09. The van der Waals surface area contributed by atoms with Crippen LogP contribution in [-0.4, -0.2) is 18.3 Å². The van der Waals surface area contributed by atoms with E-state index in [1.54, 1.807) is 0 Å². The van der Waals surface area contributed by atoms with Gasteiger partial charge < -0.3 is 15.4 Å². The Morgan fingerprint density at radius 2 is 1.74 bits per heavy atom. The van der Waals surface area contributed by atoms with Gasteiger partial charge in [0.05, 0.1) is 6.61 Å². The highest BCUT2D eigenvalue weighted by molar-refractivity contribution is 7.80. The van der Waals surface area contributed by atoms with Gasteiger partial charge in [-0.1, -0.05) is 49.4 Å². The Morgan fingerprint density at radius 3 is 2.43 bits per heavy atom. The van der Waals surface area contributed by atoms with Crippen molar-refractivity contribution < 1.29 is 4.74 Å². The monoisotopic (exact) mass is 328 g/mol. The molecule has 0 aliphatic rings. The largest absolute Gasteiger partial charge is 0.377 e. The van der Waals surface area contributed by atoms with E-state index in [1.807, 2.05) is 18.2 Å². The highest BCUT2D eigenvalue weighted by atomic mass is 32.1. The molecule has 0 atom stereocenters. The molecule has 4 heteroatoms. The van der Waals surface area contributed by atoms with Crippen LogP contribution in [-0.2, 0) is 17.8 Å². The molecule has 0 fully saturated rings. The maximum atomic E-state index is 5.64. The van der Waals surface area contributed by atoms with E-state index in [9.17, 15) is 0 Å². The van der Waals surface area contributed by atoms with Crippen molar-refractivity contribution in [3.8, 4) is 0 Å². The summed E-state index contributed by atoms with van der Waals surface area (Å²) in [6, 6.07) is 18.5. The molecule has 0 saturated carbocycles. The van der Waals surface area contributed by atoms with Crippen molar-refractivity contribution in [2.24, 2.45) is 0 Å². The van der Waals surface area contributed by atoms with Crippen molar-refractivity contribution in [3.63, 3.8) is 0 Å². The minimum absolute atomic E-state index is 0.650. The quantitative estimate of drug-likeness (QED) is 0.563. The molecule has 2 aromatic carbocycles. The molecule has 2 aromatic rings. The lowest BCUT2D eigenvalue weighted by Crippen LogP contribution is -2.29. The zero-order valence-electron chi connectivity index (χ0n) is 13.5. The molecule has 0 spiro atoms. The lowest BCUT2D eigenvalue weighted by molar-refractivity contribution is 0.119. The lowest BCUT2D eigenvalue weighted by Gasteiger charge is -2.11. The van der Waals surface area contributed by atoms with Gasteiger partial charge in [-0.15, -0.1) is 0 Å². The van der Waals surface area contributed by atoms with Crippen LogP contribution in [0.5, 0.6) is 0 Å². The molecule has 0 aliphatic carbocycles. The molecule has 23 heavy (non-hydrogen) atoms. The van der Waals surface area contributed by atoms with E-state index in [0.717, 1.165) is 31.7 Å². The van der Waals surface area contributed by atoms with Gasteiger partial charge in [-0.2, -0.15) is 0 Å². The van der Waals surface area contributed by atoms with Crippen LogP contribution in [0.3, 0.4) is 0 Å². The van der Waals surface area contributed by atoms with E-state index in [4.69, 9.17) is 17.0 Å². The topological polar surface area (TPSA) is 33.3 Å². The third-order valence-corrected chi connectivity index (χ3v) is 3.73. The van der Waals surface area contributed by atoms with Crippen molar-refractivity contribution in [3.05, 3.63) is 65.7 Å². The maximum Gasteiger partial charge on any atom is 0.170 e. The Bertz CT molecular complexity index is 584. The van der Waals surface area contributed by atoms with E-state index in [2.05, 4.69) is 54.0 Å². The van der Waals surface area contributed by atoms with Crippen LogP contribution < -0.4 is 10.6 Å². The summed E-state index contributed by atoms with van der Waals surface area (Å²) in [5.41, 5.74) is 3.54. The number of anilines is 1. The summed E-state index contributed by atoms with van der Waals surface area (Å²) < 4.78 is 5.64. The Labute approximate surface area is 144 Å². The van der Waals surface area contributed by atoms with Crippen LogP contribution >= 0.6 is 12.2 Å². The Morgan fingerprint density at radius 1 is 1.00 bits per heavy atom. The SMILES string of the molecule is CCc1ccc(NC(=S)NCCCOCc2ccccc2)cc1. The van der Waals surface area contributed by atoms with Crippen LogP contribution in [0.4, 0.5) is 5.69 Å². The fourth-order valence-electron chi connectivity index (χ4n) is 2.14. The first-order valence-corrected chi connectivity index (χ1v) is 8.44. The average Bonchev–Trinajstić information content (AvgIpc) is 2.59. The molecule has 2 rings (SSSR count). The summed E-state index contributed by atoms with van der Waals surface area (Å²) in [5.74, 6) is 0. The number of hydrogen-bond donors (Lipinski definition) is 2. The summed E-state index contributed by atoms with van der Waals surface area (Å²) in [7, 11) is 0. The van der Waals surface area contributed by atoms with Gasteiger partial charge in [0.1, 0.15) is 0 Å². The van der Waals surface area contributed by atoms with Crippen LogP contribution in [0, 0.1) is 0 Å². The minimum Gasteiger partial charge on any atom is -0.377 e. The smallest absolute Gasteiger partial charge is 0.170 e. The zero-order chi connectivity index (χ0) is 16.3. The minimum atomic E-state index is 0.650. The third kappa shape index (κ3) is 6.80. The zero-order valence-corrected chi connectivity index (χ0v) is 14.4. The van der Waals surface area contributed by atoms with E-state index >= 15 is 0 Å². The van der Waals surface area contributed by atoms with E-state index in [-0.39, 0.29) is 0 Å². The Hall–Kier alpha value is -1.91. The molecule has 0 bridgehead atoms. The van der Waals surface area contributed by atoms with Crippen molar-refractivity contribution in [1.29, 1.82) is 0 Å². The van der Waals surface area contributed by atoms with E-state index < -0.39 is 0 Å². The van der Waals surface area contributed by atoms with Crippen LogP contribution in [0.2, 0.25) is 0 Å². The number of ether oxygens (including phenoxy) is 1. The van der Waals surface area contributed by atoms with Crippen molar-refractivity contribution in [2.75, 3.05) is 18.5 Å². The molecule has 122 valence electrons. The number of hydrogen-bond acceptors (Lipinski definition) is 2. The molecule has 0 radical (unpaired) electrons. The standard InChI is InChI=1S/C19H24N2OS/c1-2-16-9-11-18(12-10-16)21-19(23)20-13-6-14-22-15-17-7-4-3-5-8-17/h3-5,7-12H,2,6,13-15H2,1H3,(H2,20,21,23). The summed E-state index contributed by atoms with van der Waals surface area (Å²) >= 11 is 5.29.